The third kappa shape index (κ3) is 10.2. The van der Waals surface area contributed by atoms with Crippen molar-refractivity contribution >= 4 is 15.8 Å². The molecule has 1 N–H and O–H groups in total. The van der Waals surface area contributed by atoms with E-state index in [1.165, 1.54) is 18.4 Å². The van der Waals surface area contributed by atoms with E-state index in [9.17, 15) is 12.8 Å². The van der Waals surface area contributed by atoms with Crippen molar-refractivity contribution in [1.82, 2.24) is 10.2 Å². The van der Waals surface area contributed by atoms with Crippen LogP contribution in [-0.2, 0) is 14.6 Å². The summed E-state index contributed by atoms with van der Waals surface area (Å²) >= 11 is 0. The van der Waals surface area contributed by atoms with Gasteiger partial charge in [-0.15, -0.1) is 0 Å². The van der Waals surface area contributed by atoms with E-state index in [0.717, 1.165) is 6.54 Å². The van der Waals surface area contributed by atoms with Crippen molar-refractivity contribution in [3.05, 3.63) is 30.1 Å². The molecule has 0 unspecified atom stereocenters. The van der Waals surface area contributed by atoms with Crippen LogP contribution in [0.25, 0.3) is 0 Å². The average molecular weight is 389 g/mol. The standard InChI is InChI=1S/C17H28FN3O4S/c1-4-19-17(20-9-11-24-13-14-26(3,22)23)21(2)10-12-25-16-7-5-15(18)6-8-16/h5-8H,4,9-14H2,1-3H3,(H,19,20). The molecular weight excluding hydrogens is 361 g/mol. The number of aliphatic imine (C=N–C) groups is 1. The highest BCUT2D eigenvalue weighted by molar-refractivity contribution is 7.90. The zero-order valence-electron chi connectivity index (χ0n) is 15.6. The molecule has 0 bridgehead atoms. The Labute approximate surface area is 155 Å². The van der Waals surface area contributed by atoms with Gasteiger partial charge in [0.05, 0.1) is 32.1 Å². The molecule has 26 heavy (non-hydrogen) atoms. The van der Waals surface area contributed by atoms with Crippen molar-refractivity contribution < 1.29 is 22.3 Å². The van der Waals surface area contributed by atoms with Crippen molar-refractivity contribution in [3.8, 4) is 5.75 Å². The van der Waals surface area contributed by atoms with Gasteiger partial charge < -0.3 is 19.7 Å². The second-order valence-corrected chi connectivity index (χ2v) is 7.96. The number of guanidine groups is 1. The smallest absolute Gasteiger partial charge is 0.193 e. The summed E-state index contributed by atoms with van der Waals surface area (Å²) < 4.78 is 45.7. The van der Waals surface area contributed by atoms with Crippen LogP contribution in [0.2, 0.25) is 0 Å². The molecular formula is C17H28FN3O4S. The lowest BCUT2D eigenvalue weighted by molar-refractivity contribution is 0.157. The molecule has 0 fully saturated rings. The van der Waals surface area contributed by atoms with Crippen molar-refractivity contribution in [2.24, 2.45) is 4.99 Å². The lowest BCUT2D eigenvalue weighted by atomic mass is 10.3. The maximum atomic E-state index is 12.9. The van der Waals surface area contributed by atoms with Crippen molar-refractivity contribution in [2.45, 2.75) is 6.92 Å². The average Bonchev–Trinajstić information content (AvgIpc) is 2.57. The molecule has 1 rings (SSSR count). The molecule has 0 aromatic heterocycles. The lowest BCUT2D eigenvalue weighted by Gasteiger charge is -2.22. The number of halogens is 1. The molecule has 0 aliphatic rings. The largest absolute Gasteiger partial charge is 0.492 e. The first-order valence-corrected chi connectivity index (χ1v) is 10.5. The number of ether oxygens (including phenoxy) is 2. The van der Waals surface area contributed by atoms with Crippen LogP contribution in [-0.4, -0.2) is 77.8 Å². The summed E-state index contributed by atoms with van der Waals surface area (Å²) in [6.45, 7) is 4.67. The Morgan fingerprint density at radius 3 is 2.54 bits per heavy atom. The Balaban J connectivity index is 2.34. The molecule has 0 atom stereocenters. The van der Waals surface area contributed by atoms with Gasteiger partial charge in [0.15, 0.2) is 5.96 Å². The van der Waals surface area contributed by atoms with Crippen molar-refractivity contribution in [2.75, 3.05) is 58.5 Å². The Hall–Kier alpha value is -1.87. The zero-order chi connectivity index (χ0) is 19.4. The Morgan fingerprint density at radius 1 is 1.23 bits per heavy atom. The zero-order valence-corrected chi connectivity index (χ0v) is 16.4. The third-order valence-corrected chi connectivity index (χ3v) is 4.21. The van der Waals surface area contributed by atoms with E-state index in [0.29, 0.717) is 38.0 Å². The quantitative estimate of drug-likeness (QED) is 0.348. The molecule has 7 nitrogen and oxygen atoms in total. The van der Waals surface area contributed by atoms with Crippen LogP contribution in [0.15, 0.2) is 29.3 Å². The minimum atomic E-state index is -3.00. The summed E-state index contributed by atoms with van der Waals surface area (Å²) in [4.78, 5) is 6.36. The lowest BCUT2D eigenvalue weighted by Crippen LogP contribution is -2.41. The van der Waals surface area contributed by atoms with Crippen molar-refractivity contribution in [1.29, 1.82) is 0 Å². The minimum absolute atomic E-state index is 0.0113. The molecule has 0 saturated carbocycles. The van der Waals surface area contributed by atoms with Gasteiger partial charge in [0.2, 0.25) is 0 Å². The minimum Gasteiger partial charge on any atom is -0.492 e. The van der Waals surface area contributed by atoms with Gasteiger partial charge in [-0.1, -0.05) is 0 Å². The fourth-order valence-electron chi connectivity index (χ4n) is 1.94. The number of nitrogens with zero attached hydrogens (tertiary/aromatic N) is 2. The number of benzene rings is 1. The Morgan fingerprint density at radius 2 is 1.92 bits per heavy atom. The first kappa shape index (κ1) is 22.2. The molecule has 0 saturated heterocycles. The number of likely N-dealkylation sites (N-methyl/N-ethyl adjacent to an activating group) is 1. The molecule has 0 aliphatic heterocycles. The Kier molecular flexibility index (Phi) is 9.97. The van der Waals surface area contributed by atoms with Crippen LogP contribution in [0.4, 0.5) is 4.39 Å². The molecule has 148 valence electrons. The predicted molar refractivity (Wildman–Crippen MR) is 101 cm³/mol. The van der Waals surface area contributed by atoms with Crippen LogP contribution in [0.5, 0.6) is 5.75 Å². The van der Waals surface area contributed by atoms with E-state index < -0.39 is 9.84 Å². The summed E-state index contributed by atoms with van der Waals surface area (Å²) in [7, 11) is -1.11. The van der Waals surface area contributed by atoms with Gasteiger partial charge in [-0.05, 0) is 31.2 Å². The van der Waals surface area contributed by atoms with Gasteiger partial charge in [0, 0.05) is 19.8 Å². The first-order chi connectivity index (χ1) is 12.3. The van der Waals surface area contributed by atoms with Gasteiger partial charge in [-0.3, -0.25) is 4.99 Å². The molecule has 0 heterocycles. The molecule has 9 heteroatoms. The number of nitrogens with one attached hydrogen (secondary N) is 1. The SMILES string of the molecule is CCNC(=NCCOCCS(C)(=O)=O)N(C)CCOc1ccc(F)cc1. The van der Waals surface area contributed by atoms with E-state index in [4.69, 9.17) is 9.47 Å². The van der Waals surface area contributed by atoms with Crippen LogP contribution < -0.4 is 10.1 Å². The predicted octanol–water partition coefficient (Wildman–Crippen LogP) is 1.16. The van der Waals surface area contributed by atoms with Gasteiger partial charge in [-0.2, -0.15) is 0 Å². The fraction of sp³-hybridized carbons (Fsp3) is 0.588. The second kappa shape index (κ2) is 11.7. The fourth-order valence-corrected chi connectivity index (χ4v) is 2.36. The van der Waals surface area contributed by atoms with Gasteiger partial charge in [0.1, 0.15) is 28.0 Å². The summed E-state index contributed by atoms with van der Waals surface area (Å²) in [6, 6.07) is 5.88. The number of sulfone groups is 1. The highest BCUT2D eigenvalue weighted by Gasteiger charge is 2.06. The first-order valence-electron chi connectivity index (χ1n) is 8.45. The van der Waals surface area contributed by atoms with E-state index >= 15 is 0 Å². The molecule has 0 amide bonds. The van der Waals surface area contributed by atoms with Crippen molar-refractivity contribution in [3.63, 3.8) is 0 Å². The monoisotopic (exact) mass is 389 g/mol. The van der Waals surface area contributed by atoms with E-state index in [-0.39, 0.29) is 18.2 Å². The Bertz CT molecular complexity index is 650. The molecule has 0 aliphatic carbocycles. The summed E-state index contributed by atoms with van der Waals surface area (Å²) in [5.74, 6) is 1.04. The molecule has 0 radical (unpaired) electrons. The highest BCUT2D eigenvalue weighted by atomic mass is 32.2. The molecule has 1 aromatic carbocycles. The normalized spacial score (nSPS) is 12.1. The number of rotatable bonds is 11. The maximum Gasteiger partial charge on any atom is 0.193 e. The van der Waals surface area contributed by atoms with Crippen LogP contribution in [0.1, 0.15) is 6.92 Å². The highest BCUT2D eigenvalue weighted by Crippen LogP contribution is 2.10. The maximum absolute atomic E-state index is 12.9. The van der Waals surface area contributed by atoms with Gasteiger partial charge in [0.25, 0.3) is 0 Å². The number of hydrogen-bond acceptors (Lipinski definition) is 5. The second-order valence-electron chi connectivity index (χ2n) is 5.70. The van der Waals surface area contributed by atoms with E-state index in [1.807, 2.05) is 18.9 Å². The van der Waals surface area contributed by atoms with E-state index in [2.05, 4.69) is 10.3 Å². The third-order valence-electron chi connectivity index (χ3n) is 3.30. The molecule has 1 aromatic rings. The van der Waals surface area contributed by atoms with Gasteiger partial charge >= 0.3 is 0 Å². The number of hydrogen-bond donors (Lipinski definition) is 1. The summed E-state index contributed by atoms with van der Waals surface area (Å²) in [6.07, 6.45) is 1.18. The van der Waals surface area contributed by atoms with E-state index in [1.54, 1.807) is 12.1 Å². The molecule has 0 spiro atoms. The summed E-state index contributed by atoms with van der Waals surface area (Å²) in [5, 5.41) is 3.17. The topological polar surface area (TPSA) is 80.2 Å². The van der Waals surface area contributed by atoms with Gasteiger partial charge in [-0.25, -0.2) is 12.8 Å². The van der Waals surface area contributed by atoms with Crippen LogP contribution in [0, 0.1) is 5.82 Å². The van der Waals surface area contributed by atoms with Crippen LogP contribution >= 0.6 is 0 Å². The van der Waals surface area contributed by atoms with Crippen LogP contribution in [0.3, 0.4) is 0 Å². The summed E-state index contributed by atoms with van der Waals surface area (Å²) in [5.41, 5.74) is 0.